The Morgan fingerprint density at radius 3 is 2.23 bits per heavy atom. The maximum atomic E-state index is 13.1. The second kappa shape index (κ2) is 9.65. The third-order valence-corrected chi connectivity index (χ3v) is 5.53. The van der Waals surface area contributed by atoms with Gasteiger partial charge in [-0.2, -0.15) is 18.2 Å². The summed E-state index contributed by atoms with van der Waals surface area (Å²) >= 11 is 0. The average molecular weight is 482 g/mol. The van der Waals surface area contributed by atoms with Crippen molar-refractivity contribution in [1.29, 1.82) is 0 Å². The van der Waals surface area contributed by atoms with E-state index in [1.54, 1.807) is 74.5 Å². The topological polar surface area (TPSA) is 86.4 Å². The summed E-state index contributed by atoms with van der Waals surface area (Å²) in [6.07, 6.45) is -5.79. The van der Waals surface area contributed by atoms with Crippen LogP contribution in [0.15, 0.2) is 60.7 Å². The van der Waals surface area contributed by atoms with Gasteiger partial charge in [0.05, 0.1) is 0 Å². The van der Waals surface area contributed by atoms with Gasteiger partial charge in [0.25, 0.3) is 11.6 Å². The van der Waals surface area contributed by atoms with Gasteiger partial charge in [-0.25, -0.2) is 9.50 Å². The Hall–Kier alpha value is -4.08. The fourth-order valence-electron chi connectivity index (χ4n) is 3.76. The first-order valence-electron chi connectivity index (χ1n) is 10.8. The second-order valence-corrected chi connectivity index (χ2v) is 7.92. The fraction of sp³-hybridized carbons (Fsp3) is 0.240. The minimum absolute atomic E-state index is 0.110. The van der Waals surface area contributed by atoms with Gasteiger partial charge in [0.15, 0.2) is 6.10 Å². The number of nitrogens with zero attached hydrogens (tertiary/aromatic N) is 4. The van der Waals surface area contributed by atoms with Crippen LogP contribution < -0.4 is 0 Å². The Kier molecular flexibility index (Phi) is 6.63. The third kappa shape index (κ3) is 5.21. The number of halogens is 3. The van der Waals surface area contributed by atoms with Crippen LogP contribution in [0.1, 0.15) is 51.2 Å². The molecule has 0 saturated heterocycles. The molecule has 4 aromatic rings. The number of Topliss-reactive ketones (excluding diaryl/α,β-unsaturated/α-hetero) is 1. The number of benzene rings is 2. The molecular formula is C25H21F3N4O3. The monoisotopic (exact) mass is 482 g/mol. The number of hydrogen-bond acceptors (Lipinski definition) is 6. The molecule has 0 N–H and O–H groups in total. The lowest BCUT2D eigenvalue weighted by atomic mass is 9.99. The molecule has 0 aliphatic carbocycles. The van der Waals surface area contributed by atoms with E-state index in [4.69, 9.17) is 4.74 Å². The quantitative estimate of drug-likeness (QED) is 0.276. The molecule has 2 aromatic carbocycles. The number of hydrogen-bond donors (Lipinski definition) is 0. The Morgan fingerprint density at radius 1 is 0.971 bits per heavy atom. The van der Waals surface area contributed by atoms with E-state index >= 15 is 0 Å². The lowest BCUT2D eigenvalue weighted by molar-refractivity contribution is -0.147. The van der Waals surface area contributed by atoms with Gasteiger partial charge in [-0.1, -0.05) is 60.7 Å². The number of aryl methyl sites for hydroxylation is 2. The highest BCUT2D eigenvalue weighted by Crippen LogP contribution is 2.28. The summed E-state index contributed by atoms with van der Waals surface area (Å²) < 4.78 is 45.6. The zero-order valence-electron chi connectivity index (χ0n) is 18.9. The molecule has 1 atom stereocenters. The summed E-state index contributed by atoms with van der Waals surface area (Å²) in [5.41, 5.74) is 2.32. The molecule has 4 rings (SSSR count). The first kappa shape index (κ1) is 24.1. The summed E-state index contributed by atoms with van der Waals surface area (Å²) in [5.74, 6) is -2.44. The molecule has 35 heavy (non-hydrogen) atoms. The lowest BCUT2D eigenvalue weighted by Gasteiger charge is -2.18. The van der Waals surface area contributed by atoms with Gasteiger partial charge in [-0.3, -0.25) is 9.59 Å². The van der Waals surface area contributed by atoms with Crippen molar-refractivity contribution < 1.29 is 27.5 Å². The highest BCUT2D eigenvalue weighted by atomic mass is 19.4. The van der Waals surface area contributed by atoms with Gasteiger partial charge in [0.1, 0.15) is 0 Å². The first-order valence-corrected chi connectivity index (χ1v) is 10.8. The molecule has 2 aromatic heterocycles. The number of aromatic nitrogens is 4. The van der Waals surface area contributed by atoms with Crippen LogP contribution in [0.2, 0.25) is 0 Å². The molecule has 0 aliphatic rings. The van der Waals surface area contributed by atoms with E-state index in [0.29, 0.717) is 28.1 Å². The van der Waals surface area contributed by atoms with Gasteiger partial charge >= 0.3 is 12.1 Å². The van der Waals surface area contributed by atoms with Crippen LogP contribution in [0.25, 0.3) is 5.78 Å². The van der Waals surface area contributed by atoms with Gasteiger partial charge in [0, 0.05) is 28.9 Å². The first-order chi connectivity index (χ1) is 16.6. The molecule has 7 nitrogen and oxygen atoms in total. The highest BCUT2D eigenvalue weighted by molar-refractivity contribution is 6.01. The predicted octanol–water partition coefficient (Wildman–Crippen LogP) is 4.86. The number of carbonyl (C=O) groups excluding carboxylic acids is 2. The molecule has 0 aliphatic heterocycles. The number of fused-ring (bicyclic) bond motifs is 1. The van der Waals surface area contributed by atoms with Crippen molar-refractivity contribution in [2.24, 2.45) is 0 Å². The van der Waals surface area contributed by atoms with Gasteiger partial charge in [0.2, 0.25) is 5.78 Å². The van der Waals surface area contributed by atoms with Crippen LogP contribution in [0.4, 0.5) is 13.2 Å². The number of alkyl halides is 3. The van der Waals surface area contributed by atoms with Crippen LogP contribution in [-0.4, -0.2) is 31.3 Å². The normalized spacial score (nSPS) is 12.5. The Balaban J connectivity index is 1.54. The molecule has 0 radical (unpaired) electrons. The van der Waals surface area contributed by atoms with E-state index in [1.165, 1.54) is 0 Å². The maximum Gasteiger partial charge on any atom is 0.453 e. The van der Waals surface area contributed by atoms with Crippen molar-refractivity contribution in [2.45, 2.75) is 39.0 Å². The van der Waals surface area contributed by atoms with Crippen LogP contribution in [0, 0.1) is 13.8 Å². The third-order valence-electron chi connectivity index (χ3n) is 5.53. The van der Waals surface area contributed by atoms with Crippen molar-refractivity contribution in [1.82, 2.24) is 19.6 Å². The average Bonchev–Trinajstić information content (AvgIpc) is 3.28. The van der Waals surface area contributed by atoms with Crippen molar-refractivity contribution >= 4 is 17.5 Å². The zero-order chi connectivity index (χ0) is 25.2. The number of carbonyl (C=O) groups is 2. The summed E-state index contributed by atoms with van der Waals surface area (Å²) in [5, 5.41) is 3.51. The maximum absolute atomic E-state index is 13.1. The number of rotatable bonds is 7. The molecule has 0 fully saturated rings. The van der Waals surface area contributed by atoms with Crippen LogP contribution in [-0.2, 0) is 22.1 Å². The van der Waals surface area contributed by atoms with Crippen LogP contribution in [0.3, 0.4) is 0 Å². The molecule has 0 spiro atoms. The number of ketones is 1. The van der Waals surface area contributed by atoms with E-state index in [0.717, 1.165) is 4.52 Å². The molecule has 2 heterocycles. The predicted molar refractivity (Wildman–Crippen MR) is 120 cm³/mol. The molecule has 180 valence electrons. The Morgan fingerprint density at radius 2 is 1.60 bits per heavy atom. The summed E-state index contributed by atoms with van der Waals surface area (Å²) in [4.78, 5) is 33.4. The van der Waals surface area contributed by atoms with Crippen molar-refractivity contribution in [3.63, 3.8) is 0 Å². The van der Waals surface area contributed by atoms with Crippen LogP contribution >= 0.6 is 0 Å². The summed E-state index contributed by atoms with van der Waals surface area (Å²) in [7, 11) is 0. The molecule has 0 saturated carbocycles. The standard InChI is InChI=1S/C25H21F3N4O3/c1-15-19(16(2)32-24(29-15)30-23(31-32)25(26,27)28)13-14-20(33)35-22(18-11-7-4-8-12-18)21(34)17-9-5-3-6-10-17/h3-12,22H,13-14H2,1-2H3. The summed E-state index contributed by atoms with van der Waals surface area (Å²) in [6, 6.07) is 17.2. The molecule has 1 unspecified atom stereocenters. The zero-order valence-corrected chi connectivity index (χ0v) is 18.9. The molecule has 0 amide bonds. The second-order valence-electron chi connectivity index (χ2n) is 7.92. The minimum atomic E-state index is -4.70. The van der Waals surface area contributed by atoms with Gasteiger partial charge < -0.3 is 4.74 Å². The van der Waals surface area contributed by atoms with Crippen molar-refractivity contribution in [3.8, 4) is 0 Å². The molecule has 0 bridgehead atoms. The molecular weight excluding hydrogens is 461 g/mol. The lowest BCUT2D eigenvalue weighted by Crippen LogP contribution is -2.21. The van der Waals surface area contributed by atoms with E-state index < -0.39 is 24.1 Å². The van der Waals surface area contributed by atoms with E-state index in [-0.39, 0.29) is 24.4 Å². The van der Waals surface area contributed by atoms with Crippen molar-refractivity contribution in [3.05, 3.63) is 94.6 Å². The SMILES string of the molecule is Cc1nc2nc(C(F)(F)F)nn2c(C)c1CCC(=O)OC(C(=O)c1ccccc1)c1ccccc1. The Bertz CT molecular complexity index is 1370. The minimum Gasteiger partial charge on any atom is -0.449 e. The van der Waals surface area contributed by atoms with Gasteiger partial charge in [-0.05, 0) is 25.8 Å². The number of ether oxygens (including phenoxy) is 1. The smallest absolute Gasteiger partial charge is 0.449 e. The largest absolute Gasteiger partial charge is 0.453 e. The summed E-state index contributed by atoms with van der Waals surface area (Å²) in [6.45, 7) is 3.21. The molecule has 10 heteroatoms. The van der Waals surface area contributed by atoms with E-state index in [9.17, 15) is 22.8 Å². The Labute approximate surface area is 198 Å². The highest BCUT2D eigenvalue weighted by Gasteiger charge is 2.37. The van der Waals surface area contributed by atoms with E-state index in [1.807, 2.05) is 0 Å². The van der Waals surface area contributed by atoms with Crippen molar-refractivity contribution in [2.75, 3.05) is 0 Å². The van der Waals surface area contributed by atoms with Crippen LogP contribution in [0.5, 0.6) is 0 Å². The fourth-order valence-corrected chi connectivity index (χ4v) is 3.76. The van der Waals surface area contributed by atoms with Gasteiger partial charge in [-0.15, -0.1) is 5.10 Å². The van der Waals surface area contributed by atoms with E-state index in [2.05, 4.69) is 15.1 Å². The number of esters is 1.